The first kappa shape index (κ1) is 25.1. The molecule has 0 spiro atoms. The maximum absolute atomic E-state index is 6.26. The van der Waals surface area contributed by atoms with Gasteiger partial charge in [-0.2, -0.15) is 0 Å². The van der Waals surface area contributed by atoms with E-state index in [-0.39, 0.29) is 6.10 Å². The molecule has 0 saturated heterocycles. The van der Waals surface area contributed by atoms with E-state index in [0.29, 0.717) is 12.5 Å². The summed E-state index contributed by atoms with van der Waals surface area (Å²) in [7, 11) is 0. The van der Waals surface area contributed by atoms with E-state index in [4.69, 9.17) is 26.1 Å². The van der Waals surface area contributed by atoms with Crippen molar-refractivity contribution in [2.45, 2.75) is 65.5 Å². The molecule has 2 atom stereocenters. The second kappa shape index (κ2) is 11.6. The zero-order valence-corrected chi connectivity index (χ0v) is 21.9. The van der Waals surface area contributed by atoms with Gasteiger partial charge in [0.15, 0.2) is 11.9 Å². The van der Waals surface area contributed by atoms with Crippen LogP contribution in [0.2, 0.25) is 5.02 Å². The fraction of sp³-hybridized carbons (Fsp3) is 0.367. The largest absolute Gasteiger partial charge is 0.494 e. The molecular formula is C30H35ClN2O2. The number of nitrogens with zero attached hydrogens (tertiary/aromatic N) is 2. The van der Waals surface area contributed by atoms with Gasteiger partial charge in [-0.25, -0.2) is 4.98 Å². The minimum Gasteiger partial charge on any atom is -0.494 e. The number of hydrogen-bond donors (Lipinski definition) is 0. The van der Waals surface area contributed by atoms with Gasteiger partial charge in [0, 0.05) is 11.6 Å². The molecule has 35 heavy (non-hydrogen) atoms. The lowest BCUT2D eigenvalue weighted by atomic mass is 9.99. The zero-order valence-electron chi connectivity index (χ0n) is 21.1. The van der Waals surface area contributed by atoms with Crippen molar-refractivity contribution in [2.24, 2.45) is 0 Å². The summed E-state index contributed by atoms with van der Waals surface area (Å²) in [5.74, 6) is 3.25. The lowest BCUT2D eigenvalue weighted by molar-refractivity contribution is 0.210. The third kappa shape index (κ3) is 6.18. The summed E-state index contributed by atoms with van der Waals surface area (Å²) in [4.78, 5) is 4.91. The van der Waals surface area contributed by atoms with Crippen LogP contribution >= 0.6 is 11.6 Å². The topological polar surface area (TPSA) is 36.3 Å². The summed E-state index contributed by atoms with van der Waals surface area (Å²) in [6.45, 7) is 10.1. The van der Waals surface area contributed by atoms with Crippen LogP contribution in [0.5, 0.6) is 11.5 Å². The second-order valence-corrected chi connectivity index (χ2v) is 9.62. The van der Waals surface area contributed by atoms with E-state index in [1.807, 2.05) is 38.1 Å². The number of para-hydroxylation sites is 2. The van der Waals surface area contributed by atoms with Gasteiger partial charge < -0.3 is 14.0 Å². The first-order valence-corrected chi connectivity index (χ1v) is 12.9. The molecule has 0 fully saturated rings. The van der Waals surface area contributed by atoms with Crippen LogP contribution in [0.4, 0.5) is 0 Å². The van der Waals surface area contributed by atoms with Crippen LogP contribution < -0.4 is 9.47 Å². The molecule has 4 nitrogen and oxygen atoms in total. The van der Waals surface area contributed by atoms with E-state index in [9.17, 15) is 0 Å². The Bertz CT molecular complexity index is 1250. The van der Waals surface area contributed by atoms with Crippen molar-refractivity contribution in [1.82, 2.24) is 9.55 Å². The number of benzene rings is 3. The van der Waals surface area contributed by atoms with Crippen molar-refractivity contribution in [1.29, 1.82) is 0 Å². The molecule has 0 aliphatic heterocycles. The van der Waals surface area contributed by atoms with Gasteiger partial charge in [0.25, 0.3) is 0 Å². The fourth-order valence-corrected chi connectivity index (χ4v) is 4.39. The summed E-state index contributed by atoms with van der Waals surface area (Å²) in [6.07, 6.45) is 2.91. The molecule has 4 aromatic rings. The van der Waals surface area contributed by atoms with E-state index in [2.05, 4.69) is 60.9 Å². The maximum atomic E-state index is 6.26. The van der Waals surface area contributed by atoms with Crippen LogP contribution in [0.3, 0.4) is 0 Å². The average Bonchev–Trinajstić information content (AvgIpc) is 3.25. The number of hydrogen-bond acceptors (Lipinski definition) is 3. The smallest absolute Gasteiger partial charge is 0.153 e. The molecule has 184 valence electrons. The molecule has 1 heterocycles. The fourth-order valence-electron chi connectivity index (χ4n) is 4.28. The number of aryl methyl sites for hydroxylation is 2. The van der Waals surface area contributed by atoms with Gasteiger partial charge in [0.1, 0.15) is 11.5 Å². The Kier molecular flexibility index (Phi) is 8.35. The Balaban J connectivity index is 1.38. The number of ether oxygens (including phenoxy) is 2. The van der Waals surface area contributed by atoms with Crippen molar-refractivity contribution in [2.75, 3.05) is 6.61 Å². The molecule has 3 aromatic carbocycles. The summed E-state index contributed by atoms with van der Waals surface area (Å²) >= 11 is 6.18. The third-order valence-electron chi connectivity index (χ3n) is 6.60. The molecule has 0 bridgehead atoms. The van der Waals surface area contributed by atoms with Crippen LogP contribution in [-0.4, -0.2) is 16.2 Å². The summed E-state index contributed by atoms with van der Waals surface area (Å²) < 4.78 is 14.5. The molecule has 0 saturated carbocycles. The highest BCUT2D eigenvalue weighted by Crippen LogP contribution is 2.28. The van der Waals surface area contributed by atoms with Crippen LogP contribution in [0.1, 0.15) is 69.0 Å². The summed E-state index contributed by atoms with van der Waals surface area (Å²) in [5, 5.41) is 0.742. The standard InChI is InChI=1S/C30H35ClN2O2/c1-5-21(2)24-12-14-25(15-13-24)34-19-9-8-18-33-29-11-7-6-10-28(29)32-30(33)23(4)35-26-16-17-27(31)22(3)20-26/h6-7,10-17,20-21,23H,5,8-9,18-19H2,1-4H3. The molecule has 0 N–H and O–H groups in total. The lowest BCUT2D eigenvalue weighted by Gasteiger charge is -2.17. The zero-order chi connectivity index (χ0) is 24.8. The van der Waals surface area contributed by atoms with E-state index in [1.165, 1.54) is 5.56 Å². The van der Waals surface area contributed by atoms with Crippen LogP contribution in [0.15, 0.2) is 66.7 Å². The monoisotopic (exact) mass is 490 g/mol. The van der Waals surface area contributed by atoms with Crippen molar-refractivity contribution in [3.63, 3.8) is 0 Å². The van der Waals surface area contributed by atoms with Crippen LogP contribution in [0.25, 0.3) is 11.0 Å². The van der Waals surface area contributed by atoms with Gasteiger partial charge in [0.05, 0.1) is 17.6 Å². The Morgan fingerprint density at radius 2 is 1.69 bits per heavy atom. The molecule has 0 aliphatic rings. The van der Waals surface area contributed by atoms with Crippen LogP contribution in [0, 0.1) is 6.92 Å². The Morgan fingerprint density at radius 3 is 2.43 bits per heavy atom. The van der Waals surface area contributed by atoms with Gasteiger partial charge in [-0.05, 0) is 92.6 Å². The molecule has 0 aliphatic carbocycles. The Hall–Kier alpha value is -2.98. The predicted molar refractivity (Wildman–Crippen MR) is 145 cm³/mol. The average molecular weight is 491 g/mol. The number of halogens is 1. The quantitative estimate of drug-likeness (QED) is 0.198. The number of fused-ring (bicyclic) bond motifs is 1. The summed E-state index contributed by atoms with van der Waals surface area (Å²) in [5.41, 5.74) is 4.48. The van der Waals surface area contributed by atoms with Crippen molar-refractivity contribution in [3.05, 3.63) is 88.7 Å². The van der Waals surface area contributed by atoms with Gasteiger partial charge in [-0.1, -0.05) is 49.7 Å². The maximum Gasteiger partial charge on any atom is 0.153 e. The SMILES string of the molecule is CCC(C)c1ccc(OCCCCn2c(C(C)Oc3ccc(Cl)c(C)c3)nc3ccccc32)cc1. The van der Waals surface area contributed by atoms with E-state index in [0.717, 1.165) is 64.8 Å². The van der Waals surface area contributed by atoms with Crippen molar-refractivity contribution >= 4 is 22.6 Å². The van der Waals surface area contributed by atoms with Crippen molar-refractivity contribution in [3.8, 4) is 11.5 Å². The molecule has 0 radical (unpaired) electrons. The predicted octanol–water partition coefficient (Wildman–Crippen LogP) is 8.51. The van der Waals surface area contributed by atoms with E-state index >= 15 is 0 Å². The van der Waals surface area contributed by atoms with Gasteiger partial charge in [-0.3, -0.25) is 0 Å². The van der Waals surface area contributed by atoms with Crippen LogP contribution in [-0.2, 0) is 6.54 Å². The number of aromatic nitrogens is 2. The minimum atomic E-state index is -0.191. The number of unbranched alkanes of at least 4 members (excludes halogenated alkanes) is 1. The van der Waals surface area contributed by atoms with Gasteiger partial charge in [0.2, 0.25) is 0 Å². The highest BCUT2D eigenvalue weighted by molar-refractivity contribution is 6.31. The lowest BCUT2D eigenvalue weighted by Crippen LogP contribution is -2.13. The van der Waals surface area contributed by atoms with Gasteiger partial charge in [-0.15, -0.1) is 0 Å². The highest BCUT2D eigenvalue weighted by atomic mass is 35.5. The minimum absolute atomic E-state index is 0.191. The molecule has 2 unspecified atom stereocenters. The van der Waals surface area contributed by atoms with E-state index < -0.39 is 0 Å². The third-order valence-corrected chi connectivity index (χ3v) is 7.02. The first-order chi connectivity index (χ1) is 17.0. The summed E-state index contributed by atoms with van der Waals surface area (Å²) in [6, 6.07) is 22.5. The van der Waals surface area contributed by atoms with E-state index in [1.54, 1.807) is 0 Å². The first-order valence-electron chi connectivity index (χ1n) is 12.6. The number of rotatable bonds is 11. The molecular weight excluding hydrogens is 456 g/mol. The molecule has 5 heteroatoms. The number of imidazole rings is 1. The Morgan fingerprint density at radius 1 is 0.943 bits per heavy atom. The highest BCUT2D eigenvalue weighted by Gasteiger charge is 2.18. The van der Waals surface area contributed by atoms with Crippen molar-refractivity contribution < 1.29 is 9.47 Å². The van der Waals surface area contributed by atoms with Gasteiger partial charge >= 0.3 is 0 Å². The second-order valence-electron chi connectivity index (χ2n) is 9.22. The Labute approximate surface area is 213 Å². The molecule has 4 rings (SSSR count). The molecule has 0 amide bonds. The molecule has 1 aromatic heterocycles. The normalized spacial score (nSPS) is 13.1.